The van der Waals surface area contributed by atoms with Crippen LogP contribution in [0.2, 0.25) is 0 Å². The number of nitrogens with one attached hydrogen (secondary N) is 4. The van der Waals surface area contributed by atoms with Crippen LogP contribution in [0.1, 0.15) is 0 Å². The minimum atomic E-state index is -0.731. The van der Waals surface area contributed by atoms with Crippen molar-refractivity contribution in [3.63, 3.8) is 0 Å². The predicted molar refractivity (Wildman–Crippen MR) is 78.1 cm³/mol. The molecule has 4 amide bonds. The third-order valence-electron chi connectivity index (χ3n) is 0.742. The Kier molecular flexibility index (Phi) is 88.8. The van der Waals surface area contributed by atoms with Crippen molar-refractivity contribution in [3.8, 4) is 0 Å². The average Bonchev–Trinajstić information content (AvgIpc) is 2.40. The molecule has 0 fully saturated rings. The molecular weight excluding hydrogens is 431 g/mol. The molecule has 0 bridgehead atoms. The van der Waals surface area contributed by atoms with Crippen LogP contribution >= 0.6 is 0 Å². The van der Waals surface area contributed by atoms with Gasteiger partial charge >= 0.3 is 43.4 Å². The van der Waals surface area contributed by atoms with Crippen molar-refractivity contribution in [2.24, 2.45) is 0 Å². The Balaban J connectivity index is -0.0000000225. The van der Waals surface area contributed by atoms with Gasteiger partial charge in [-0.3, -0.25) is 0 Å². The van der Waals surface area contributed by atoms with Gasteiger partial charge in [-0.25, -0.2) is 0 Å². The molecule has 0 rings (SSSR count). The Morgan fingerprint density at radius 3 is 0.542 bits per heavy atom. The van der Waals surface area contributed by atoms with Crippen LogP contribution < -0.4 is 24.8 Å². The van der Waals surface area contributed by atoms with Crippen LogP contribution in [0.15, 0.2) is 50.6 Å². The summed E-state index contributed by atoms with van der Waals surface area (Å²) in [5.41, 5.74) is 24.3. The second-order valence-corrected chi connectivity index (χ2v) is 2.27. The topological polar surface area (TPSA) is 163 Å². The molecule has 0 aromatic carbocycles. The van der Waals surface area contributed by atoms with E-state index >= 15 is 0 Å². The first kappa shape index (κ1) is 49.5. The molecule has 4 N–H and O–H groups in total. The van der Waals surface area contributed by atoms with Gasteiger partial charge in [0.1, 0.15) is 0 Å². The van der Waals surface area contributed by atoms with E-state index < -0.39 is 23.6 Å². The van der Waals surface area contributed by atoms with Crippen molar-refractivity contribution in [2.75, 3.05) is 0 Å². The van der Waals surface area contributed by atoms with Gasteiger partial charge in [-0.05, 0) is 24.3 Å². The van der Waals surface area contributed by atoms with E-state index in [0.29, 0.717) is 0 Å². The van der Waals surface area contributed by atoms with Crippen molar-refractivity contribution < 1.29 is 87.4 Å². The van der Waals surface area contributed by atoms with Crippen LogP contribution in [0.25, 0.3) is 22.9 Å². The largest absolute Gasteiger partial charge is 3.00 e. The Morgan fingerprint density at radius 2 is 0.542 bits per heavy atom. The fraction of sp³-hybridized carbons (Fsp3) is 0. The number of halogens is 2. The van der Waals surface area contributed by atoms with Crippen LogP contribution in [0.3, 0.4) is 0 Å². The van der Waals surface area contributed by atoms with Crippen LogP contribution in [0, 0.1) is 0 Å². The zero-order valence-electron chi connectivity index (χ0n) is 12.5. The summed E-state index contributed by atoms with van der Waals surface area (Å²) in [4.78, 5) is 37.4. The second-order valence-electron chi connectivity index (χ2n) is 2.27. The maximum absolute atomic E-state index is 9.36. The maximum atomic E-state index is 9.36. The minimum absolute atomic E-state index is 0. The summed E-state index contributed by atoms with van der Waals surface area (Å²) in [5, 5.41) is 0. The van der Waals surface area contributed by atoms with Crippen molar-refractivity contribution in [3.05, 3.63) is 73.6 Å². The molecule has 0 saturated carbocycles. The second kappa shape index (κ2) is 43.1. The molecule has 0 aliphatic rings. The molecule has 0 aromatic rings. The molecule has 0 aliphatic heterocycles. The Hall–Kier alpha value is -1.15. The van der Waals surface area contributed by atoms with Gasteiger partial charge in [-0.2, -0.15) is 0 Å². The molecule has 24 heavy (non-hydrogen) atoms. The first-order valence-corrected chi connectivity index (χ1v) is 4.60. The summed E-state index contributed by atoms with van der Waals surface area (Å²) < 4.78 is 0. The summed E-state index contributed by atoms with van der Waals surface area (Å²) in [6.45, 7) is 12.1. The van der Waals surface area contributed by atoms with Crippen LogP contribution in [0.5, 0.6) is 0 Å². The average molecular weight is 447 g/mol. The number of carbonyl (C=O) groups is 4. The van der Waals surface area contributed by atoms with Crippen LogP contribution in [-0.2, 0) is 62.6 Å². The first-order valence-electron chi connectivity index (χ1n) is 4.60. The molecule has 130 valence electrons. The van der Waals surface area contributed by atoms with E-state index in [4.69, 9.17) is 22.9 Å². The third kappa shape index (κ3) is 175. The molecule has 0 aromatic heterocycles. The number of hydrogen-bond acceptors (Lipinski definition) is 4. The van der Waals surface area contributed by atoms with Gasteiger partial charge in [0, 0.05) is 0 Å². The zero-order valence-corrected chi connectivity index (χ0v) is 17.2. The number of rotatable bonds is 4. The summed E-state index contributed by atoms with van der Waals surface area (Å²) in [5.74, 6) is -2.93. The van der Waals surface area contributed by atoms with Crippen molar-refractivity contribution in [2.45, 2.75) is 0 Å². The molecule has 8 nitrogen and oxygen atoms in total. The molecule has 0 saturated heterocycles. The fourth-order valence-electron chi connectivity index (χ4n) is 0. The van der Waals surface area contributed by atoms with Gasteiger partial charge in [0.25, 0.3) is 0 Å². The quantitative estimate of drug-likeness (QED) is 0.332. The molecule has 0 unspecified atom stereocenters. The van der Waals surface area contributed by atoms with Crippen LogP contribution in [-0.4, -0.2) is 23.6 Å². The number of carbonyl (C=O) groups excluding carboxylic acids is 4. The molecular formula is C12H16Cl2N4O4Ti2. The van der Waals surface area contributed by atoms with Gasteiger partial charge in [-0.1, -0.05) is 26.3 Å². The summed E-state index contributed by atoms with van der Waals surface area (Å²) >= 11 is 0. The molecule has 0 atom stereocenters. The third-order valence-corrected chi connectivity index (χ3v) is 0.742. The van der Waals surface area contributed by atoms with Gasteiger partial charge in [0.05, 0.1) is 23.6 Å². The first-order chi connectivity index (χ1) is 9.08. The van der Waals surface area contributed by atoms with Crippen molar-refractivity contribution >= 4 is 23.6 Å². The smallest absolute Gasteiger partial charge is 1.00 e. The maximum Gasteiger partial charge on any atom is 3.00 e. The van der Waals surface area contributed by atoms with E-state index in [1.807, 2.05) is 0 Å². The summed E-state index contributed by atoms with van der Waals surface area (Å²) in [6.07, 6.45) is 3.78. The van der Waals surface area contributed by atoms with Gasteiger partial charge in [-0.15, -0.1) is 0 Å². The molecule has 0 spiro atoms. The van der Waals surface area contributed by atoms with Gasteiger partial charge < -0.3 is 66.9 Å². The SMILES string of the molecule is C=CC([NH-])=O.C=CC([NH-])=O.C=CC([NH-])=O.C=CC([NH-])=O.[Cl-].[Cl-].[Ti+3].[Ti+3]. The van der Waals surface area contributed by atoms with E-state index in [9.17, 15) is 19.2 Å². The standard InChI is InChI=1S/4C3H5NO.2ClH.2Ti/c4*1-2-3(4)5;;;;/h4*2H,1H2,(H2,4,5);2*1H;;/q;;;;;;2*+3/p-6. The molecule has 0 heterocycles. The van der Waals surface area contributed by atoms with E-state index in [0.717, 1.165) is 24.3 Å². The van der Waals surface area contributed by atoms with Crippen LogP contribution in [0.4, 0.5) is 0 Å². The summed E-state index contributed by atoms with van der Waals surface area (Å²) in [6, 6.07) is 0. The van der Waals surface area contributed by atoms with Gasteiger partial charge in [0.2, 0.25) is 0 Å². The van der Waals surface area contributed by atoms with Gasteiger partial charge in [0.15, 0.2) is 0 Å². The molecule has 12 heteroatoms. The fourth-order valence-corrected chi connectivity index (χ4v) is 0. The number of hydrogen-bond donors (Lipinski definition) is 0. The summed E-state index contributed by atoms with van der Waals surface area (Å²) in [7, 11) is 0. The minimum Gasteiger partial charge on any atom is -1.00 e. The van der Waals surface area contributed by atoms with E-state index in [1.165, 1.54) is 0 Å². The molecule has 0 aliphatic carbocycles. The van der Waals surface area contributed by atoms with E-state index in [1.54, 1.807) is 0 Å². The Bertz CT molecular complexity index is 323. The van der Waals surface area contributed by atoms with Crippen molar-refractivity contribution in [1.29, 1.82) is 0 Å². The Labute approximate surface area is 183 Å². The normalized spacial score (nSPS) is 5.33. The number of amides is 4. The van der Waals surface area contributed by atoms with Crippen molar-refractivity contribution in [1.82, 2.24) is 0 Å². The zero-order chi connectivity index (χ0) is 17.1. The van der Waals surface area contributed by atoms with E-state index in [-0.39, 0.29) is 68.2 Å². The molecule has 2 radical (unpaired) electrons. The Morgan fingerprint density at radius 1 is 0.500 bits per heavy atom. The monoisotopic (exact) mass is 446 g/mol. The van der Waals surface area contributed by atoms with E-state index in [2.05, 4.69) is 26.3 Å². The predicted octanol–water partition coefficient (Wildman–Crippen LogP) is -2.99.